The van der Waals surface area contributed by atoms with E-state index in [9.17, 15) is 0 Å². The molecule has 0 radical (unpaired) electrons. The summed E-state index contributed by atoms with van der Waals surface area (Å²) < 4.78 is 5.82. The van der Waals surface area contributed by atoms with Crippen molar-refractivity contribution in [2.24, 2.45) is 0 Å². The summed E-state index contributed by atoms with van der Waals surface area (Å²) in [6.45, 7) is 3.02. The smallest absolute Gasteiger partial charge is 0.159 e. The Morgan fingerprint density at radius 3 is 2.07 bits per heavy atom. The van der Waals surface area contributed by atoms with Crippen LogP contribution >= 0.6 is 0 Å². The van der Waals surface area contributed by atoms with Crippen LogP contribution in [0.3, 0.4) is 0 Å². The molecule has 0 saturated heterocycles. The highest BCUT2D eigenvalue weighted by molar-refractivity contribution is 5.55. The number of benzene rings is 1. The zero-order chi connectivity index (χ0) is 20.2. The van der Waals surface area contributed by atoms with Gasteiger partial charge in [0.15, 0.2) is 11.6 Å². The van der Waals surface area contributed by atoms with Crippen LogP contribution in [0.5, 0.6) is 5.75 Å². The molecule has 0 N–H and O–H groups in total. The SMILES string of the molecule is CCCCCCCCCCOc1cnc(-c2ccc(C3CCCCC3)cc2)nc1. The summed E-state index contributed by atoms with van der Waals surface area (Å²) in [6, 6.07) is 8.86. The zero-order valence-corrected chi connectivity index (χ0v) is 18.2. The number of unbranched alkanes of at least 4 members (excludes halogenated alkanes) is 7. The van der Waals surface area contributed by atoms with Crippen molar-refractivity contribution in [1.29, 1.82) is 0 Å². The molecule has 0 aliphatic heterocycles. The van der Waals surface area contributed by atoms with Gasteiger partial charge in [0, 0.05) is 5.56 Å². The highest BCUT2D eigenvalue weighted by atomic mass is 16.5. The van der Waals surface area contributed by atoms with Crippen molar-refractivity contribution in [3.8, 4) is 17.1 Å². The summed E-state index contributed by atoms with van der Waals surface area (Å²) in [4.78, 5) is 9.02. The fourth-order valence-electron chi connectivity index (χ4n) is 4.31. The third kappa shape index (κ3) is 7.45. The Balaban J connectivity index is 1.37. The maximum absolute atomic E-state index is 5.82. The van der Waals surface area contributed by atoms with E-state index in [4.69, 9.17) is 4.74 Å². The molecule has 0 spiro atoms. The van der Waals surface area contributed by atoms with E-state index >= 15 is 0 Å². The van der Waals surface area contributed by atoms with Gasteiger partial charge in [-0.3, -0.25) is 0 Å². The Labute approximate surface area is 177 Å². The van der Waals surface area contributed by atoms with Crippen molar-refractivity contribution < 1.29 is 4.74 Å². The third-order valence-corrected chi connectivity index (χ3v) is 6.14. The molecule has 0 unspecified atom stereocenters. The van der Waals surface area contributed by atoms with Gasteiger partial charge in [0.1, 0.15) is 0 Å². The molecule has 0 bridgehead atoms. The molecule has 1 heterocycles. The average Bonchev–Trinajstić information content (AvgIpc) is 2.79. The lowest BCUT2D eigenvalue weighted by atomic mass is 9.84. The average molecular weight is 395 g/mol. The maximum atomic E-state index is 5.82. The van der Waals surface area contributed by atoms with Gasteiger partial charge in [-0.2, -0.15) is 0 Å². The second-order valence-electron chi connectivity index (χ2n) is 8.52. The minimum absolute atomic E-state index is 0.742. The molecule has 1 saturated carbocycles. The number of hydrogen-bond donors (Lipinski definition) is 0. The number of rotatable bonds is 12. The van der Waals surface area contributed by atoms with Crippen molar-refractivity contribution in [1.82, 2.24) is 9.97 Å². The Kier molecular flexibility index (Phi) is 9.49. The number of nitrogens with zero attached hydrogens (tertiary/aromatic N) is 2. The minimum atomic E-state index is 0.742. The standard InChI is InChI=1S/C26H38N2O/c1-2-3-4-5-6-7-8-12-19-29-25-20-27-26(28-21-25)24-17-15-23(16-18-24)22-13-10-9-11-14-22/h15-18,20-22H,2-14,19H2,1H3. The van der Waals surface area contributed by atoms with E-state index in [-0.39, 0.29) is 0 Å². The first-order valence-corrected chi connectivity index (χ1v) is 11.9. The van der Waals surface area contributed by atoms with Crippen LogP contribution in [0.25, 0.3) is 11.4 Å². The highest BCUT2D eigenvalue weighted by Crippen LogP contribution is 2.33. The Hall–Kier alpha value is -1.90. The summed E-state index contributed by atoms with van der Waals surface area (Å²) in [5, 5.41) is 0. The van der Waals surface area contributed by atoms with Crippen LogP contribution in [0.15, 0.2) is 36.7 Å². The highest BCUT2D eigenvalue weighted by Gasteiger charge is 2.15. The summed E-state index contributed by atoms with van der Waals surface area (Å²) in [6.07, 6.45) is 20.9. The molecule has 29 heavy (non-hydrogen) atoms. The van der Waals surface area contributed by atoms with Crippen molar-refractivity contribution in [3.63, 3.8) is 0 Å². The lowest BCUT2D eigenvalue weighted by molar-refractivity contribution is 0.302. The summed E-state index contributed by atoms with van der Waals surface area (Å²) in [5.41, 5.74) is 2.55. The molecule has 1 aromatic heterocycles. The topological polar surface area (TPSA) is 35.0 Å². The minimum Gasteiger partial charge on any atom is -0.490 e. The van der Waals surface area contributed by atoms with Crippen LogP contribution in [0.2, 0.25) is 0 Å². The first-order valence-electron chi connectivity index (χ1n) is 11.9. The van der Waals surface area contributed by atoms with Crippen molar-refractivity contribution in [2.75, 3.05) is 6.61 Å². The molecule has 2 aromatic rings. The van der Waals surface area contributed by atoms with Crippen LogP contribution in [0.1, 0.15) is 102 Å². The predicted molar refractivity (Wildman–Crippen MR) is 121 cm³/mol. The fraction of sp³-hybridized carbons (Fsp3) is 0.615. The molecular weight excluding hydrogens is 356 g/mol. The van der Waals surface area contributed by atoms with Gasteiger partial charge in [0.25, 0.3) is 0 Å². The van der Waals surface area contributed by atoms with Crippen molar-refractivity contribution in [2.45, 2.75) is 96.3 Å². The summed E-state index contributed by atoms with van der Waals surface area (Å²) in [7, 11) is 0. The van der Waals surface area contributed by atoms with Gasteiger partial charge < -0.3 is 4.74 Å². The second kappa shape index (κ2) is 12.6. The second-order valence-corrected chi connectivity index (χ2v) is 8.52. The van der Waals surface area contributed by atoms with E-state index in [1.165, 1.54) is 82.6 Å². The summed E-state index contributed by atoms with van der Waals surface area (Å²) in [5.74, 6) is 2.29. The Morgan fingerprint density at radius 1 is 0.793 bits per heavy atom. The molecule has 158 valence electrons. The van der Waals surface area contributed by atoms with E-state index in [0.717, 1.165) is 36.1 Å². The van der Waals surface area contributed by atoms with Crippen LogP contribution < -0.4 is 4.74 Å². The Morgan fingerprint density at radius 2 is 1.41 bits per heavy atom. The fourth-order valence-corrected chi connectivity index (χ4v) is 4.31. The van der Waals surface area contributed by atoms with Gasteiger partial charge in [-0.15, -0.1) is 0 Å². The van der Waals surface area contributed by atoms with Crippen LogP contribution in [-0.2, 0) is 0 Å². The number of hydrogen-bond acceptors (Lipinski definition) is 3. The Bertz CT molecular complexity index is 675. The van der Waals surface area contributed by atoms with E-state index in [0.29, 0.717) is 0 Å². The third-order valence-electron chi connectivity index (χ3n) is 6.14. The van der Waals surface area contributed by atoms with Gasteiger partial charge in [-0.25, -0.2) is 9.97 Å². The van der Waals surface area contributed by atoms with E-state index in [1.807, 2.05) is 12.4 Å². The monoisotopic (exact) mass is 394 g/mol. The molecule has 1 aliphatic rings. The molecule has 0 atom stereocenters. The lowest BCUT2D eigenvalue weighted by Crippen LogP contribution is -2.04. The van der Waals surface area contributed by atoms with E-state index < -0.39 is 0 Å². The molecule has 3 rings (SSSR count). The van der Waals surface area contributed by atoms with Gasteiger partial charge in [-0.1, -0.05) is 95.4 Å². The van der Waals surface area contributed by atoms with E-state index in [1.54, 1.807) is 0 Å². The zero-order valence-electron chi connectivity index (χ0n) is 18.2. The molecular formula is C26H38N2O. The first kappa shape index (κ1) is 21.8. The number of ether oxygens (including phenoxy) is 1. The molecule has 1 aliphatic carbocycles. The van der Waals surface area contributed by atoms with Crippen molar-refractivity contribution in [3.05, 3.63) is 42.2 Å². The lowest BCUT2D eigenvalue weighted by Gasteiger charge is -2.22. The van der Waals surface area contributed by atoms with Crippen LogP contribution in [-0.4, -0.2) is 16.6 Å². The molecule has 1 aromatic carbocycles. The van der Waals surface area contributed by atoms with Crippen LogP contribution in [0, 0.1) is 0 Å². The largest absolute Gasteiger partial charge is 0.490 e. The van der Waals surface area contributed by atoms with E-state index in [2.05, 4.69) is 41.2 Å². The quantitative estimate of drug-likeness (QED) is 0.346. The molecule has 3 nitrogen and oxygen atoms in total. The molecule has 1 fully saturated rings. The molecule has 3 heteroatoms. The van der Waals surface area contributed by atoms with Crippen molar-refractivity contribution >= 4 is 0 Å². The predicted octanol–water partition coefficient (Wildman–Crippen LogP) is 7.71. The van der Waals surface area contributed by atoms with Gasteiger partial charge in [0.2, 0.25) is 0 Å². The maximum Gasteiger partial charge on any atom is 0.159 e. The number of aromatic nitrogens is 2. The van der Waals surface area contributed by atoms with Gasteiger partial charge in [-0.05, 0) is 30.7 Å². The summed E-state index contributed by atoms with van der Waals surface area (Å²) >= 11 is 0. The van der Waals surface area contributed by atoms with Gasteiger partial charge in [0.05, 0.1) is 19.0 Å². The molecule has 0 amide bonds. The van der Waals surface area contributed by atoms with Crippen LogP contribution in [0.4, 0.5) is 0 Å². The first-order chi connectivity index (χ1) is 14.4. The van der Waals surface area contributed by atoms with Gasteiger partial charge >= 0.3 is 0 Å². The normalized spacial score (nSPS) is 14.8.